The normalized spacial score (nSPS) is 12.7. The van der Waals surface area contributed by atoms with Crippen LogP contribution in [-0.4, -0.2) is 37.9 Å². The summed E-state index contributed by atoms with van der Waals surface area (Å²) in [5.41, 5.74) is 4.36. The Hall–Kier alpha value is -4.27. The van der Waals surface area contributed by atoms with E-state index >= 15 is 0 Å². The van der Waals surface area contributed by atoms with Crippen LogP contribution in [0.3, 0.4) is 0 Å². The number of benzene rings is 2. The van der Waals surface area contributed by atoms with Crippen LogP contribution < -0.4 is 10.6 Å². The summed E-state index contributed by atoms with van der Waals surface area (Å²) >= 11 is 0. The van der Waals surface area contributed by atoms with Gasteiger partial charge in [-0.25, -0.2) is 13.8 Å². The van der Waals surface area contributed by atoms with Crippen LogP contribution in [0.25, 0.3) is 11.4 Å². The van der Waals surface area contributed by atoms with E-state index < -0.39 is 5.91 Å². The smallest absolute Gasteiger partial charge is 0.272 e. The molecule has 0 fully saturated rings. The minimum Gasteiger partial charge on any atom is -0.342 e. The molecule has 1 aliphatic rings. The number of anilines is 1. The molecule has 0 atom stereocenters. The van der Waals surface area contributed by atoms with E-state index in [0.717, 1.165) is 42.6 Å². The highest BCUT2D eigenvalue weighted by atomic mass is 19.1. The number of hydrogen-bond donors (Lipinski definition) is 2. The molecule has 2 amide bonds. The lowest BCUT2D eigenvalue weighted by Crippen LogP contribution is -2.33. The van der Waals surface area contributed by atoms with Crippen LogP contribution in [0.2, 0.25) is 0 Å². The molecule has 1 aliphatic carbocycles. The summed E-state index contributed by atoms with van der Waals surface area (Å²) in [6.45, 7) is -0.183. The van der Waals surface area contributed by atoms with Crippen LogP contribution in [0.1, 0.15) is 34.6 Å². The third-order valence-electron chi connectivity index (χ3n) is 5.80. The van der Waals surface area contributed by atoms with Gasteiger partial charge in [-0.15, -0.1) is 0 Å². The summed E-state index contributed by atoms with van der Waals surface area (Å²) in [7, 11) is 0. The van der Waals surface area contributed by atoms with Crippen LogP contribution >= 0.6 is 0 Å². The molecule has 2 aromatic heterocycles. The predicted molar refractivity (Wildman–Crippen MR) is 125 cm³/mol. The Kier molecular flexibility index (Phi) is 5.90. The lowest BCUT2D eigenvalue weighted by Gasteiger charge is -2.14. The van der Waals surface area contributed by atoms with Crippen LogP contribution in [0.5, 0.6) is 0 Å². The van der Waals surface area contributed by atoms with Gasteiger partial charge in [-0.2, -0.15) is 10.2 Å². The first-order valence-electron chi connectivity index (χ1n) is 11.1. The van der Waals surface area contributed by atoms with Gasteiger partial charge in [0.1, 0.15) is 5.82 Å². The number of carbonyl (C=O) groups excluding carboxylic acids is 2. The third-order valence-corrected chi connectivity index (χ3v) is 5.80. The maximum absolute atomic E-state index is 13.4. The number of halogens is 1. The van der Waals surface area contributed by atoms with E-state index in [4.69, 9.17) is 0 Å². The molecule has 4 aromatic rings. The fraction of sp³-hybridized carbons (Fsp3) is 0.200. The summed E-state index contributed by atoms with van der Waals surface area (Å²) in [4.78, 5) is 25.3. The highest BCUT2D eigenvalue weighted by Gasteiger charge is 2.25. The molecule has 2 N–H and O–H groups in total. The number of aromatic nitrogens is 4. The summed E-state index contributed by atoms with van der Waals surface area (Å²) in [6, 6.07) is 15.1. The van der Waals surface area contributed by atoms with Crippen LogP contribution in [0.15, 0.2) is 67.0 Å². The van der Waals surface area contributed by atoms with Gasteiger partial charge in [-0.05, 0) is 80.3 Å². The number of hydrogen-bond acceptors (Lipinski definition) is 4. The minimum absolute atomic E-state index is 0.183. The number of fused-ring (bicyclic) bond motifs is 1. The zero-order chi connectivity index (χ0) is 23.5. The first-order valence-corrected chi connectivity index (χ1v) is 11.1. The van der Waals surface area contributed by atoms with E-state index in [9.17, 15) is 14.0 Å². The highest BCUT2D eigenvalue weighted by molar-refractivity contribution is 5.99. The largest absolute Gasteiger partial charge is 0.342 e. The molecule has 0 saturated heterocycles. The summed E-state index contributed by atoms with van der Waals surface area (Å²) < 4.78 is 16.8. The van der Waals surface area contributed by atoms with Gasteiger partial charge in [0.2, 0.25) is 5.91 Å². The lowest BCUT2D eigenvalue weighted by molar-refractivity contribution is -0.115. The molecular formula is C25H23FN6O2. The minimum atomic E-state index is -0.400. The molecule has 2 aromatic carbocycles. The molecular weight excluding hydrogens is 435 g/mol. The van der Waals surface area contributed by atoms with Crippen molar-refractivity contribution in [2.45, 2.75) is 25.7 Å². The Balaban J connectivity index is 1.25. The van der Waals surface area contributed by atoms with Crippen molar-refractivity contribution in [1.29, 1.82) is 0 Å². The lowest BCUT2D eigenvalue weighted by atomic mass is 9.95. The zero-order valence-electron chi connectivity index (χ0n) is 18.4. The SMILES string of the molecule is O=C(CNC(=O)c1nn(-c2ccc(F)cc2)c2c1CCCC2)Nc1ccc(-n2cccn2)cc1. The van der Waals surface area contributed by atoms with Gasteiger partial charge in [0.05, 0.1) is 17.9 Å². The second-order valence-electron chi connectivity index (χ2n) is 8.10. The fourth-order valence-electron chi connectivity index (χ4n) is 4.15. The third kappa shape index (κ3) is 4.45. The van der Waals surface area contributed by atoms with Crippen molar-refractivity contribution in [2.24, 2.45) is 0 Å². The summed E-state index contributed by atoms with van der Waals surface area (Å²) in [5.74, 6) is -1.07. The highest BCUT2D eigenvalue weighted by Crippen LogP contribution is 2.27. The monoisotopic (exact) mass is 458 g/mol. The number of nitrogens with one attached hydrogen (secondary N) is 2. The average Bonchev–Trinajstić information content (AvgIpc) is 3.52. The van der Waals surface area contributed by atoms with Gasteiger partial charge in [-0.1, -0.05) is 0 Å². The average molecular weight is 458 g/mol. The molecule has 172 valence electrons. The van der Waals surface area contributed by atoms with Gasteiger partial charge in [-0.3, -0.25) is 9.59 Å². The van der Waals surface area contributed by atoms with E-state index in [2.05, 4.69) is 20.8 Å². The summed E-state index contributed by atoms with van der Waals surface area (Å²) in [6.07, 6.45) is 7.04. The Morgan fingerprint density at radius 3 is 2.44 bits per heavy atom. The molecule has 8 nitrogen and oxygen atoms in total. The van der Waals surface area contributed by atoms with Crippen LogP contribution in [0.4, 0.5) is 10.1 Å². The van der Waals surface area contributed by atoms with Crippen molar-refractivity contribution in [2.75, 3.05) is 11.9 Å². The Bertz CT molecular complexity index is 1310. The number of rotatable bonds is 6. The van der Waals surface area contributed by atoms with Crippen molar-refractivity contribution in [3.8, 4) is 11.4 Å². The van der Waals surface area contributed by atoms with Gasteiger partial charge < -0.3 is 10.6 Å². The van der Waals surface area contributed by atoms with Crippen molar-refractivity contribution in [1.82, 2.24) is 24.9 Å². The quantitative estimate of drug-likeness (QED) is 0.463. The van der Waals surface area contributed by atoms with E-state index in [1.165, 1.54) is 12.1 Å². The Labute approximate surface area is 195 Å². The Morgan fingerprint density at radius 1 is 0.971 bits per heavy atom. The fourth-order valence-corrected chi connectivity index (χ4v) is 4.15. The first kappa shape index (κ1) is 21.6. The van der Waals surface area contributed by atoms with Crippen LogP contribution in [0, 0.1) is 5.82 Å². The van der Waals surface area contributed by atoms with Crippen molar-refractivity contribution in [3.05, 3.63) is 89.8 Å². The van der Waals surface area contributed by atoms with E-state index in [0.29, 0.717) is 17.1 Å². The second-order valence-corrected chi connectivity index (χ2v) is 8.10. The molecule has 34 heavy (non-hydrogen) atoms. The maximum Gasteiger partial charge on any atom is 0.272 e. The van der Waals surface area contributed by atoms with Gasteiger partial charge in [0.25, 0.3) is 5.91 Å². The summed E-state index contributed by atoms with van der Waals surface area (Å²) in [5, 5.41) is 14.1. The van der Waals surface area contributed by atoms with Crippen molar-refractivity contribution >= 4 is 17.5 Å². The van der Waals surface area contributed by atoms with Gasteiger partial charge in [0.15, 0.2) is 5.69 Å². The maximum atomic E-state index is 13.4. The number of carbonyl (C=O) groups is 2. The van der Waals surface area contributed by atoms with Crippen molar-refractivity contribution < 1.29 is 14.0 Å². The molecule has 0 aliphatic heterocycles. The second kappa shape index (κ2) is 9.30. The van der Waals surface area contributed by atoms with E-state index in [-0.39, 0.29) is 18.3 Å². The molecule has 9 heteroatoms. The van der Waals surface area contributed by atoms with E-state index in [1.807, 2.05) is 24.4 Å². The number of nitrogens with zero attached hydrogens (tertiary/aromatic N) is 4. The zero-order valence-corrected chi connectivity index (χ0v) is 18.4. The molecule has 0 saturated carbocycles. The molecule has 2 heterocycles. The van der Waals surface area contributed by atoms with Crippen molar-refractivity contribution in [3.63, 3.8) is 0 Å². The van der Waals surface area contributed by atoms with E-state index in [1.54, 1.807) is 39.8 Å². The topological polar surface area (TPSA) is 93.8 Å². The number of amides is 2. The van der Waals surface area contributed by atoms with Gasteiger partial charge >= 0.3 is 0 Å². The molecule has 0 bridgehead atoms. The standard InChI is InChI=1S/C25H23FN6O2/c26-17-6-10-20(11-7-17)32-22-5-2-1-4-21(22)24(30-32)25(34)27-16-23(33)29-18-8-12-19(13-9-18)31-15-3-14-28-31/h3,6-15H,1-2,4-5,16H2,(H,27,34)(H,29,33). The van der Waals surface area contributed by atoms with Gasteiger partial charge in [0, 0.05) is 29.3 Å². The predicted octanol–water partition coefficient (Wildman–Crippen LogP) is 3.44. The van der Waals surface area contributed by atoms with Crippen LogP contribution in [-0.2, 0) is 17.6 Å². The Morgan fingerprint density at radius 2 is 1.71 bits per heavy atom. The molecule has 0 spiro atoms. The first-order chi connectivity index (χ1) is 16.6. The molecule has 0 radical (unpaired) electrons. The molecule has 0 unspecified atom stereocenters. The molecule has 5 rings (SSSR count).